The third kappa shape index (κ3) is 4.54. The van der Waals surface area contributed by atoms with Gasteiger partial charge < -0.3 is 9.47 Å². The monoisotopic (exact) mass is 475 g/mol. The van der Waals surface area contributed by atoms with Gasteiger partial charge in [0.1, 0.15) is 23.6 Å². The molecule has 0 amide bonds. The summed E-state index contributed by atoms with van der Waals surface area (Å²) in [6.45, 7) is 1.79. The van der Waals surface area contributed by atoms with Gasteiger partial charge in [0, 0.05) is 29.3 Å². The number of carbonyl (C=O) groups excluding carboxylic acids is 2. The molecule has 0 spiro atoms. The quantitative estimate of drug-likeness (QED) is 0.506. The van der Waals surface area contributed by atoms with E-state index in [-0.39, 0.29) is 24.2 Å². The third-order valence-electron chi connectivity index (χ3n) is 7.56. The van der Waals surface area contributed by atoms with Gasteiger partial charge >= 0.3 is 5.97 Å². The second-order valence-corrected chi connectivity index (χ2v) is 9.74. The Kier molecular flexibility index (Phi) is 6.54. The first kappa shape index (κ1) is 23.5. The minimum Gasteiger partial charge on any atom is -0.497 e. The van der Waals surface area contributed by atoms with E-state index in [9.17, 15) is 9.59 Å². The second kappa shape index (κ2) is 9.76. The summed E-state index contributed by atoms with van der Waals surface area (Å²) in [6.07, 6.45) is 4.48. The van der Waals surface area contributed by atoms with Crippen molar-refractivity contribution in [1.29, 1.82) is 0 Å². The van der Waals surface area contributed by atoms with Crippen LogP contribution in [0.4, 0.5) is 4.39 Å². The zero-order chi connectivity index (χ0) is 24.5. The van der Waals surface area contributed by atoms with E-state index in [0.717, 1.165) is 37.0 Å². The second-order valence-electron chi connectivity index (χ2n) is 9.74. The summed E-state index contributed by atoms with van der Waals surface area (Å²) in [5.74, 6) is -1.76. The number of benzene rings is 2. The van der Waals surface area contributed by atoms with E-state index in [1.54, 1.807) is 32.2 Å². The molecule has 3 aliphatic rings. The van der Waals surface area contributed by atoms with E-state index in [4.69, 9.17) is 14.5 Å². The molecule has 5 rings (SSSR count). The molecule has 35 heavy (non-hydrogen) atoms. The Morgan fingerprint density at radius 2 is 1.74 bits per heavy atom. The standard InChI is InChI=1S/C29H30FNO4/c1-17-26(29(33)35-21-7-3-4-8-21)27(22-9-5-6-10-23(22)30)28-24(31-17)15-19(16-25(28)32)18-11-13-20(34-2)14-12-18/h5-6,9-14,19,21,26-27H,3-4,7-8,15-16H2,1-2H3/t19-,26?,27+/m1/s1. The van der Waals surface area contributed by atoms with Crippen molar-refractivity contribution in [3.63, 3.8) is 0 Å². The van der Waals surface area contributed by atoms with Crippen molar-refractivity contribution in [3.8, 4) is 5.75 Å². The van der Waals surface area contributed by atoms with Gasteiger partial charge in [-0.05, 0) is 74.3 Å². The van der Waals surface area contributed by atoms with Gasteiger partial charge in [-0.25, -0.2) is 4.39 Å². The lowest BCUT2D eigenvalue weighted by molar-refractivity contribution is -0.151. The SMILES string of the molecule is COc1ccc([C@H]2CC(=O)C3=C(C2)N=C(C)C(C(=O)OC2CCCC2)[C@@H]3c2ccccc2F)cc1. The Bertz CT molecular complexity index is 1190. The summed E-state index contributed by atoms with van der Waals surface area (Å²) in [4.78, 5) is 31.8. The minimum absolute atomic E-state index is 0.0352. The first-order valence-corrected chi connectivity index (χ1v) is 12.4. The van der Waals surface area contributed by atoms with Crippen molar-refractivity contribution >= 4 is 17.5 Å². The molecule has 0 saturated heterocycles. The number of nitrogens with zero attached hydrogens (tertiary/aromatic N) is 1. The van der Waals surface area contributed by atoms with Crippen LogP contribution < -0.4 is 4.74 Å². The topological polar surface area (TPSA) is 65.0 Å². The molecule has 1 unspecified atom stereocenters. The number of methoxy groups -OCH3 is 1. The summed E-state index contributed by atoms with van der Waals surface area (Å²) in [6, 6.07) is 14.1. The normalized spacial score (nSPS) is 24.7. The van der Waals surface area contributed by atoms with Crippen LogP contribution in [-0.4, -0.2) is 30.7 Å². The van der Waals surface area contributed by atoms with Gasteiger partial charge in [-0.15, -0.1) is 0 Å². The first-order valence-electron chi connectivity index (χ1n) is 12.4. The molecule has 0 radical (unpaired) electrons. The number of allylic oxidation sites excluding steroid dienone is 2. The molecular weight excluding hydrogens is 445 g/mol. The Balaban J connectivity index is 1.53. The summed E-state index contributed by atoms with van der Waals surface area (Å²) in [5.41, 5.74) is 3.06. The summed E-state index contributed by atoms with van der Waals surface area (Å²) >= 11 is 0. The van der Waals surface area contributed by atoms with Gasteiger partial charge in [-0.1, -0.05) is 30.3 Å². The van der Waals surface area contributed by atoms with Crippen LogP contribution >= 0.6 is 0 Å². The largest absolute Gasteiger partial charge is 0.497 e. The number of ether oxygens (including phenoxy) is 2. The Morgan fingerprint density at radius 1 is 1.03 bits per heavy atom. The van der Waals surface area contributed by atoms with Crippen LogP contribution in [0.5, 0.6) is 5.75 Å². The number of hydrogen-bond acceptors (Lipinski definition) is 5. The molecule has 1 saturated carbocycles. The van der Waals surface area contributed by atoms with Gasteiger partial charge in [0.25, 0.3) is 0 Å². The number of carbonyl (C=O) groups is 2. The number of hydrogen-bond donors (Lipinski definition) is 0. The number of Topliss-reactive ketones (excluding diaryl/α,β-unsaturated/α-hetero) is 1. The van der Waals surface area contributed by atoms with Gasteiger partial charge in [0.05, 0.1) is 7.11 Å². The van der Waals surface area contributed by atoms with E-state index in [1.807, 2.05) is 24.3 Å². The highest BCUT2D eigenvalue weighted by Crippen LogP contribution is 2.47. The number of ketones is 1. The van der Waals surface area contributed by atoms with E-state index in [1.165, 1.54) is 6.07 Å². The zero-order valence-electron chi connectivity index (χ0n) is 20.1. The zero-order valence-corrected chi connectivity index (χ0v) is 20.1. The molecule has 2 aliphatic carbocycles. The lowest BCUT2D eigenvalue weighted by atomic mass is 9.69. The van der Waals surface area contributed by atoms with Crippen LogP contribution in [-0.2, 0) is 14.3 Å². The molecule has 3 atom stereocenters. The predicted molar refractivity (Wildman–Crippen MR) is 131 cm³/mol. The number of esters is 1. The molecular formula is C29H30FNO4. The molecule has 6 heteroatoms. The van der Waals surface area contributed by atoms with E-state index >= 15 is 4.39 Å². The number of rotatable bonds is 5. The molecule has 1 heterocycles. The molecule has 0 bridgehead atoms. The fourth-order valence-electron chi connectivity index (χ4n) is 5.78. The van der Waals surface area contributed by atoms with Crippen molar-refractivity contribution in [1.82, 2.24) is 0 Å². The molecule has 5 nitrogen and oxygen atoms in total. The van der Waals surface area contributed by atoms with Gasteiger partial charge in [0.2, 0.25) is 0 Å². The molecule has 2 aromatic rings. The predicted octanol–water partition coefficient (Wildman–Crippen LogP) is 5.90. The average Bonchev–Trinajstić information content (AvgIpc) is 3.36. The Labute approximate surface area is 205 Å². The molecule has 0 aromatic heterocycles. The molecule has 0 N–H and O–H groups in total. The summed E-state index contributed by atoms with van der Waals surface area (Å²) in [5, 5.41) is 0. The maximum absolute atomic E-state index is 15.1. The first-order chi connectivity index (χ1) is 17.0. The average molecular weight is 476 g/mol. The number of halogens is 1. The fraction of sp³-hybridized carbons (Fsp3) is 0.414. The highest BCUT2D eigenvalue weighted by molar-refractivity contribution is 6.09. The van der Waals surface area contributed by atoms with E-state index < -0.39 is 23.6 Å². The molecule has 2 aromatic carbocycles. The van der Waals surface area contributed by atoms with Crippen LogP contribution in [0.2, 0.25) is 0 Å². The lowest BCUT2D eigenvalue weighted by Crippen LogP contribution is -2.39. The van der Waals surface area contributed by atoms with Crippen molar-refractivity contribution < 1.29 is 23.5 Å². The third-order valence-corrected chi connectivity index (χ3v) is 7.56. The van der Waals surface area contributed by atoms with Crippen molar-refractivity contribution in [2.75, 3.05) is 7.11 Å². The van der Waals surface area contributed by atoms with Crippen LogP contribution in [0.3, 0.4) is 0 Å². The highest BCUT2D eigenvalue weighted by Gasteiger charge is 2.46. The summed E-state index contributed by atoms with van der Waals surface area (Å²) in [7, 11) is 1.62. The smallest absolute Gasteiger partial charge is 0.315 e. The van der Waals surface area contributed by atoms with Crippen LogP contribution in [0.25, 0.3) is 0 Å². The fourth-order valence-corrected chi connectivity index (χ4v) is 5.78. The van der Waals surface area contributed by atoms with Gasteiger partial charge in [-0.3, -0.25) is 14.6 Å². The highest BCUT2D eigenvalue weighted by atomic mass is 19.1. The van der Waals surface area contributed by atoms with Crippen molar-refractivity contribution in [3.05, 3.63) is 76.7 Å². The van der Waals surface area contributed by atoms with E-state index in [0.29, 0.717) is 29.0 Å². The molecule has 1 aliphatic heterocycles. The minimum atomic E-state index is -0.812. The lowest BCUT2D eigenvalue weighted by Gasteiger charge is -2.37. The van der Waals surface area contributed by atoms with Crippen LogP contribution in [0.1, 0.15) is 68.4 Å². The maximum Gasteiger partial charge on any atom is 0.315 e. The Hall–Kier alpha value is -3.28. The van der Waals surface area contributed by atoms with Crippen LogP contribution in [0.15, 0.2) is 64.8 Å². The maximum atomic E-state index is 15.1. The van der Waals surface area contributed by atoms with Crippen molar-refractivity contribution in [2.45, 2.75) is 63.4 Å². The van der Waals surface area contributed by atoms with Crippen LogP contribution in [0, 0.1) is 11.7 Å². The van der Waals surface area contributed by atoms with Gasteiger partial charge in [0.15, 0.2) is 5.78 Å². The van der Waals surface area contributed by atoms with Crippen molar-refractivity contribution in [2.24, 2.45) is 10.9 Å². The Morgan fingerprint density at radius 3 is 2.43 bits per heavy atom. The molecule has 1 fully saturated rings. The molecule has 182 valence electrons. The van der Waals surface area contributed by atoms with Gasteiger partial charge in [-0.2, -0.15) is 0 Å². The van der Waals surface area contributed by atoms with E-state index in [2.05, 4.69) is 0 Å². The summed E-state index contributed by atoms with van der Waals surface area (Å²) < 4.78 is 26.2. The number of aliphatic imine (C=N–C) groups is 1.